The van der Waals surface area contributed by atoms with Crippen LogP contribution in [0.5, 0.6) is 0 Å². The number of aliphatic carboxylic acids is 1. The fraction of sp³-hybridized carbons (Fsp3) is 0.417. The fourth-order valence-electron chi connectivity index (χ4n) is 1.48. The van der Waals surface area contributed by atoms with Crippen molar-refractivity contribution in [2.45, 2.75) is 30.7 Å². The Bertz CT molecular complexity index is 355. The van der Waals surface area contributed by atoms with Gasteiger partial charge in [0, 0.05) is 4.90 Å². The predicted octanol–water partition coefficient (Wildman–Crippen LogP) is 1.97. The molecule has 0 saturated heterocycles. The summed E-state index contributed by atoms with van der Waals surface area (Å²) in [6, 6.07) is 7.06. The van der Waals surface area contributed by atoms with Gasteiger partial charge in [-0.1, -0.05) is 19.1 Å². The van der Waals surface area contributed by atoms with E-state index in [1.54, 1.807) is 0 Å². The number of hydrogen-bond donors (Lipinski definition) is 3. The summed E-state index contributed by atoms with van der Waals surface area (Å²) in [4.78, 5) is 11.9. The molecule has 1 aromatic carbocycles. The lowest BCUT2D eigenvalue weighted by Crippen LogP contribution is -2.38. The van der Waals surface area contributed by atoms with E-state index in [1.165, 1.54) is 0 Å². The summed E-state index contributed by atoms with van der Waals surface area (Å²) >= 11 is 4.23. The van der Waals surface area contributed by atoms with Gasteiger partial charge in [0.05, 0.1) is 0 Å². The first kappa shape index (κ1) is 13.1. The molecule has 88 valence electrons. The van der Waals surface area contributed by atoms with Crippen LogP contribution in [-0.2, 0) is 11.2 Å². The van der Waals surface area contributed by atoms with E-state index in [4.69, 9.17) is 5.11 Å². The van der Waals surface area contributed by atoms with E-state index in [2.05, 4.69) is 17.9 Å². The number of carbonyl (C=O) groups is 1. The first-order valence-corrected chi connectivity index (χ1v) is 5.82. The molecule has 0 aliphatic rings. The Morgan fingerprint density at radius 2 is 2.31 bits per heavy atom. The SMILES string of the molecule is CCCNC(Cc1cccc(S)c1)C(=O)O. The molecule has 0 aromatic heterocycles. The number of nitrogens with one attached hydrogen (secondary N) is 1. The van der Waals surface area contributed by atoms with Crippen LogP contribution in [0.25, 0.3) is 0 Å². The molecule has 0 bridgehead atoms. The Hall–Kier alpha value is -1.00. The zero-order valence-electron chi connectivity index (χ0n) is 9.31. The molecular formula is C12H17NO2S. The van der Waals surface area contributed by atoms with Crippen LogP contribution in [0.15, 0.2) is 29.2 Å². The van der Waals surface area contributed by atoms with Gasteiger partial charge in [-0.05, 0) is 37.1 Å². The zero-order valence-corrected chi connectivity index (χ0v) is 10.2. The molecule has 16 heavy (non-hydrogen) atoms. The van der Waals surface area contributed by atoms with Crippen LogP contribution in [0, 0.1) is 0 Å². The summed E-state index contributed by atoms with van der Waals surface area (Å²) in [7, 11) is 0. The summed E-state index contributed by atoms with van der Waals surface area (Å²) < 4.78 is 0. The second-order valence-corrected chi connectivity index (χ2v) is 4.24. The summed E-state index contributed by atoms with van der Waals surface area (Å²) in [5, 5.41) is 12.1. The number of carboxylic acids is 1. The van der Waals surface area contributed by atoms with Gasteiger partial charge in [0.25, 0.3) is 0 Å². The Labute approximate surface area is 101 Å². The van der Waals surface area contributed by atoms with E-state index >= 15 is 0 Å². The van der Waals surface area contributed by atoms with Crippen LogP contribution < -0.4 is 5.32 Å². The van der Waals surface area contributed by atoms with Crippen molar-refractivity contribution in [1.82, 2.24) is 5.32 Å². The van der Waals surface area contributed by atoms with Crippen molar-refractivity contribution in [3.63, 3.8) is 0 Å². The van der Waals surface area contributed by atoms with Crippen LogP contribution in [0.2, 0.25) is 0 Å². The van der Waals surface area contributed by atoms with Crippen LogP contribution in [-0.4, -0.2) is 23.7 Å². The molecule has 1 unspecified atom stereocenters. The maximum Gasteiger partial charge on any atom is 0.321 e. The summed E-state index contributed by atoms with van der Waals surface area (Å²) in [6.45, 7) is 2.73. The Balaban J connectivity index is 2.64. The molecule has 4 heteroatoms. The first-order chi connectivity index (χ1) is 7.63. The second-order valence-electron chi connectivity index (χ2n) is 3.72. The van der Waals surface area contributed by atoms with E-state index in [1.807, 2.05) is 31.2 Å². The fourth-order valence-corrected chi connectivity index (χ4v) is 1.74. The van der Waals surface area contributed by atoms with Gasteiger partial charge >= 0.3 is 5.97 Å². The summed E-state index contributed by atoms with van der Waals surface area (Å²) in [6.07, 6.45) is 1.42. The summed E-state index contributed by atoms with van der Waals surface area (Å²) in [5.74, 6) is -0.807. The van der Waals surface area contributed by atoms with Crippen molar-refractivity contribution in [1.29, 1.82) is 0 Å². The molecule has 0 saturated carbocycles. The first-order valence-electron chi connectivity index (χ1n) is 5.37. The lowest BCUT2D eigenvalue weighted by Gasteiger charge is -2.14. The minimum Gasteiger partial charge on any atom is -0.480 e. The van der Waals surface area contributed by atoms with Crippen molar-refractivity contribution in [2.24, 2.45) is 0 Å². The number of hydrogen-bond acceptors (Lipinski definition) is 3. The highest BCUT2D eigenvalue weighted by molar-refractivity contribution is 7.80. The second kappa shape index (κ2) is 6.55. The van der Waals surface area contributed by atoms with Crippen LogP contribution in [0.1, 0.15) is 18.9 Å². The van der Waals surface area contributed by atoms with E-state index < -0.39 is 12.0 Å². The lowest BCUT2D eigenvalue weighted by atomic mass is 10.1. The largest absolute Gasteiger partial charge is 0.480 e. The van der Waals surface area contributed by atoms with Gasteiger partial charge in [0.15, 0.2) is 0 Å². The monoisotopic (exact) mass is 239 g/mol. The summed E-state index contributed by atoms with van der Waals surface area (Å²) in [5.41, 5.74) is 0.989. The highest BCUT2D eigenvalue weighted by atomic mass is 32.1. The average Bonchev–Trinajstić information content (AvgIpc) is 2.24. The lowest BCUT2D eigenvalue weighted by molar-refractivity contribution is -0.139. The van der Waals surface area contributed by atoms with Crippen molar-refractivity contribution in [3.05, 3.63) is 29.8 Å². The maximum atomic E-state index is 11.0. The molecule has 0 spiro atoms. The van der Waals surface area contributed by atoms with Gasteiger partial charge in [-0.25, -0.2) is 0 Å². The van der Waals surface area contributed by atoms with E-state index in [0.717, 1.165) is 23.4 Å². The van der Waals surface area contributed by atoms with Crippen LogP contribution in [0.3, 0.4) is 0 Å². The molecular weight excluding hydrogens is 222 g/mol. The van der Waals surface area contributed by atoms with Gasteiger partial charge in [-0.3, -0.25) is 4.79 Å². The molecule has 0 aliphatic carbocycles. The highest BCUT2D eigenvalue weighted by Crippen LogP contribution is 2.10. The van der Waals surface area contributed by atoms with Gasteiger partial charge < -0.3 is 10.4 Å². The third kappa shape index (κ3) is 4.24. The molecule has 1 aromatic rings. The molecule has 0 fully saturated rings. The smallest absolute Gasteiger partial charge is 0.321 e. The quantitative estimate of drug-likeness (QED) is 0.665. The number of benzene rings is 1. The maximum absolute atomic E-state index is 11.0. The molecule has 0 amide bonds. The highest BCUT2D eigenvalue weighted by Gasteiger charge is 2.16. The van der Waals surface area contributed by atoms with Crippen LogP contribution in [0.4, 0.5) is 0 Å². The third-order valence-corrected chi connectivity index (χ3v) is 2.57. The molecule has 1 rings (SSSR count). The zero-order chi connectivity index (χ0) is 12.0. The van der Waals surface area contributed by atoms with Crippen molar-refractivity contribution >= 4 is 18.6 Å². The molecule has 0 radical (unpaired) electrons. The average molecular weight is 239 g/mol. The Morgan fingerprint density at radius 1 is 1.56 bits per heavy atom. The third-order valence-electron chi connectivity index (χ3n) is 2.29. The molecule has 1 atom stereocenters. The Kier molecular flexibility index (Phi) is 5.35. The standard InChI is InChI=1S/C12H17NO2S/c1-2-6-13-11(12(14)15)8-9-4-3-5-10(16)7-9/h3-5,7,11,13,16H,2,6,8H2,1H3,(H,14,15). The van der Waals surface area contributed by atoms with Gasteiger partial charge in [-0.2, -0.15) is 0 Å². The van der Waals surface area contributed by atoms with Gasteiger partial charge in [0.1, 0.15) is 6.04 Å². The van der Waals surface area contributed by atoms with Gasteiger partial charge in [0.2, 0.25) is 0 Å². The topological polar surface area (TPSA) is 49.3 Å². The van der Waals surface area contributed by atoms with E-state index in [0.29, 0.717) is 6.42 Å². The van der Waals surface area contributed by atoms with Crippen molar-refractivity contribution in [3.8, 4) is 0 Å². The van der Waals surface area contributed by atoms with Crippen molar-refractivity contribution in [2.75, 3.05) is 6.54 Å². The van der Waals surface area contributed by atoms with Crippen molar-refractivity contribution < 1.29 is 9.90 Å². The minimum atomic E-state index is -0.807. The molecule has 2 N–H and O–H groups in total. The number of thiol groups is 1. The van der Waals surface area contributed by atoms with Gasteiger partial charge in [-0.15, -0.1) is 12.6 Å². The molecule has 0 aliphatic heterocycles. The molecule has 3 nitrogen and oxygen atoms in total. The normalized spacial score (nSPS) is 12.4. The minimum absolute atomic E-state index is 0.490. The van der Waals surface area contributed by atoms with Crippen LogP contribution >= 0.6 is 12.6 Å². The molecule has 0 heterocycles. The number of carboxylic acid groups (broad SMARTS) is 1. The predicted molar refractivity (Wildman–Crippen MR) is 67.1 cm³/mol. The Morgan fingerprint density at radius 3 is 2.88 bits per heavy atom. The van der Waals surface area contributed by atoms with E-state index in [9.17, 15) is 4.79 Å². The van der Waals surface area contributed by atoms with E-state index in [-0.39, 0.29) is 0 Å². The number of rotatable bonds is 6.